The lowest BCUT2D eigenvalue weighted by molar-refractivity contribution is 0.145. The molecule has 0 saturated carbocycles. The number of rotatable bonds is 5. The number of pyridine rings is 1. The van der Waals surface area contributed by atoms with E-state index in [2.05, 4.69) is 39.0 Å². The lowest BCUT2D eigenvalue weighted by Gasteiger charge is -2.35. The normalized spacial score (nSPS) is 18.0. The van der Waals surface area contributed by atoms with Gasteiger partial charge in [-0.1, -0.05) is 30.7 Å². The Kier molecular flexibility index (Phi) is 7.03. The molecule has 24 heavy (non-hydrogen) atoms. The molecule has 1 saturated heterocycles. The fraction of sp³-hybridized carbons (Fsp3) is 0.421. The van der Waals surface area contributed by atoms with Crippen LogP contribution in [0.2, 0.25) is 0 Å². The first-order valence-electron chi connectivity index (χ1n) is 8.46. The maximum Gasteiger partial charge on any atom is 0.132 e. The molecule has 5 heteroatoms. The van der Waals surface area contributed by atoms with Crippen molar-refractivity contribution >= 4 is 23.9 Å². The van der Waals surface area contributed by atoms with Crippen LogP contribution in [0.25, 0.3) is 0 Å². The molecule has 0 aliphatic carbocycles. The van der Waals surface area contributed by atoms with E-state index in [1.54, 1.807) is 0 Å². The van der Waals surface area contributed by atoms with Crippen LogP contribution < -0.4 is 10.6 Å². The minimum atomic E-state index is 0. The van der Waals surface area contributed by atoms with Gasteiger partial charge in [0, 0.05) is 38.1 Å². The largest absolute Gasteiger partial charge is 0.329 e. The van der Waals surface area contributed by atoms with E-state index in [-0.39, 0.29) is 12.4 Å². The molecule has 2 aromatic rings. The van der Waals surface area contributed by atoms with E-state index in [1.165, 1.54) is 24.8 Å². The Balaban J connectivity index is 0.00000208. The number of piperidine rings is 1. The van der Waals surface area contributed by atoms with Crippen molar-refractivity contribution < 1.29 is 0 Å². The summed E-state index contributed by atoms with van der Waals surface area (Å²) < 4.78 is 0. The molecule has 0 amide bonds. The van der Waals surface area contributed by atoms with E-state index in [0.717, 1.165) is 31.1 Å². The van der Waals surface area contributed by atoms with E-state index in [4.69, 9.17) is 5.73 Å². The van der Waals surface area contributed by atoms with Crippen LogP contribution in [0.15, 0.2) is 48.7 Å². The van der Waals surface area contributed by atoms with Crippen LogP contribution in [0.5, 0.6) is 0 Å². The van der Waals surface area contributed by atoms with Crippen molar-refractivity contribution in [2.75, 3.05) is 25.0 Å². The van der Waals surface area contributed by atoms with Gasteiger partial charge in [0.2, 0.25) is 0 Å². The molecule has 2 N–H and O–H groups in total. The van der Waals surface area contributed by atoms with Crippen molar-refractivity contribution in [3.63, 3.8) is 0 Å². The van der Waals surface area contributed by atoms with E-state index in [1.807, 2.05) is 31.4 Å². The van der Waals surface area contributed by atoms with E-state index >= 15 is 0 Å². The van der Waals surface area contributed by atoms with Crippen LogP contribution in [-0.4, -0.2) is 36.1 Å². The van der Waals surface area contributed by atoms with Crippen molar-refractivity contribution in [1.29, 1.82) is 0 Å². The molecule has 3 rings (SSSR count). The molecule has 0 spiro atoms. The number of likely N-dealkylation sites (tertiary alicyclic amines) is 1. The smallest absolute Gasteiger partial charge is 0.132 e. The molecule has 130 valence electrons. The Bertz CT molecular complexity index is 603. The van der Waals surface area contributed by atoms with Crippen LogP contribution in [0.4, 0.5) is 11.5 Å². The monoisotopic (exact) mass is 346 g/mol. The molecule has 1 aromatic carbocycles. The van der Waals surface area contributed by atoms with Gasteiger partial charge >= 0.3 is 0 Å². The molecule has 2 heterocycles. The van der Waals surface area contributed by atoms with Crippen LogP contribution >= 0.6 is 12.4 Å². The van der Waals surface area contributed by atoms with E-state index in [0.29, 0.717) is 6.04 Å². The standard InChI is InChI=1S/C19H26N4.ClH/c1-22(17-7-3-2-4-8-17)19-11-10-16(14-21-19)15-23-12-6-5-9-18(23)13-20;/h2-4,7-8,10-11,14,18H,5-6,9,12-13,15,20H2,1H3;1H. The summed E-state index contributed by atoms with van der Waals surface area (Å²) in [5.74, 6) is 0.967. The summed E-state index contributed by atoms with van der Waals surface area (Å²) in [6, 6.07) is 15.1. The first kappa shape index (κ1) is 18.7. The Hall–Kier alpha value is -1.62. The maximum atomic E-state index is 5.91. The number of aromatic nitrogens is 1. The third-order valence-electron chi connectivity index (χ3n) is 4.70. The second-order valence-corrected chi connectivity index (χ2v) is 6.27. The third-order valence-corrected chi connectivity index (χ3v) is 4.70. The number of hydrogen-bond acceptors (Lipinski definition) is 4. The van der Waals surface area contributed by atoms with Gasteiger partial charge < -0.3 is 10.6 Å². The summed E-state index contributed by atoms with van der Waals surface area (Å²) in [5, 5.41) is 0. The van der Waals surface area contributed by atoms with Gasteiger partial charge in [-0.05, 0) is 43.1 Å². The van der Waals surface area contributed by atoms with Crippen molar-refractivity contribution in [3.8, 4) is 0 Å². The van der Waals surface area contributed by atoms with Crippen molar-refractivity contribution in [1.82, 2.24) is 9.88 Å². The number of nitrogens with zero attached hydrogens (tertiary/aromatic N) is 3. The first-order chi connectivity index (χ1) is 11.3. The minimum absolute atomic E-state index is 0. The van der Waals surface area contributed by atoms with Gasteiger partial charge in [0.05, 0.1) is 0 Å². The highest BCUT2D eigenvalue weighted by atomic mass is 35.5. The van der Waals surface area contributed by atoms with E-state index in [9.17, 15) is 0 Å². The van der Waals surface area contributed by atoms with Gasteiger partial charge in [-0.25, -0.2) is 4.98 Å². The van der Waals surface area contributed by atoms with Gasteiger partial charge in [-0.15, -0.1) is 12.4 Å². The SMILES string of the molecule is CN(c1ccccc1)c1ccc(CN2CCCCC2CN)cn1.Cl. The molecule has 1 aliphatic rings. The van der Waals surface area contributed by atoms with Crippen molar-refractivity contribution in [2.45, 2.75) is 31.8 Å². The highest BCUT2D eigenvalue weighted by molar-refractivity contribution is 5.85. The van der Waals surface area contributed by atoms with Crippen LogP contribution in [0.1, 0.15) is 24.8 Å². The third kappa shape index (κ3) is 4.47. The van der Waals surface area contributed by atoms with Crippen molar-refractivity contribution in [3.05, 3.63) is 54.2 Å². The molecule has 0 radical (unpaired) electrons. The fourth-order valence-corrected chi connectivity index (χ4v) is 3.26. The lowest BCUT2D eigenvalue weighted by atomic mass is 10.0. The highest BCUT2D eigenvalue weighted by Crippen LogP contribution is 2.22. The number of nitrogens with two attached hydrogens (primary N) is 1. The summed E-state index contributed by atoms with van der Waals surface area (Å²) in [6.07, 6.45) is 5.80. The summed E-state index contributed by atoms with van der Waals surface area (Å²) >= 11 is 0. The molecule has 1 unspecified atom stereocenters. The Morgan fingerprint density at radius 3 is 2.62 bits per heavy atom. The zero-order valence-electron chi connectivity index (χ0n) is 14.3. The lowest BCUT2D eigenvalue weighted by Crippen LogP contribution is -2.43. The summed E-state index contributed by atoms with van der Waals surface area (Å²) in [7, 11) is 2.05. The fourth-order valence-electron chi connectivity index (χ4n) is 3.26. The van der Waals surface area contributed by atoms with Crippen LogP contribution in [-0.2, 0) is 6.54 Å². The minimum Gasteiger partial charge on any atom is -0.329 e. The Morgan fingerprint density at radius 1 is 1.17 bits per heavy atom. The molecule has 4 nitrogen and oxygen atoms in total. The van der Waals surface area contributed by atoms with Crippen LogP contribution in [0.3, 0.4) is 0 Å². The number of hydrogen-bond donors (Lipinski definition) is 1. The Morgan fingerprint density at radius 2 is 1.96 bits per heavy atom. The molecule has 1 aliphatic heterocycles. The molecule has 1 aromatic heterocycles. The summed E-state index contributed by atoms with van der Waals surface area (Å²) in [6.45, 7) is 2.85. The number of para-hydroxylation sites is 1. The quantitative estimate of drug-likeness (QED) is 0.898. The number of anilines is 2. The van der Waals surface area contributed by atoms with E-state index < -0.39 is 0 Å². The molecule has 0 bridgehead atoms. The summed E-state index contributed by atoms with van der Waals surface area (Å²) in [4.78, 5) is 9.24. The highest BCUT2D eigenvalue weighted by Gasteiger charge is 2.21. The van der Waals surface area contributed by atoms with Gasteiger partial charge in [0.25, 0.3) is 0 Å². The maximum absolute atomic E-state index is 5.91. The zero-order valence-corrected chi connectivity index (χ0v) is 15.1. The first-order valence-corrected chi connectivity index (χ1v) is 8.46. The number of halogens is 1. The Labute approximate surface area is 151 Å². The molecule has 1 atom stereocenters. The van der Waals surface area contributed by atoms with Gasteiger partial charge in [0.15, 0.2) is 0 Å². The predicted octanol–water partition coefficient (Wildman–Crippen LogP) is 3.58. The molecular formula is C19H27ClN4. The second kappa shape index (κ2) is 9.02. The zero-order chi connectivity index (χ0) is 16.1. The predicted molar refractivity (Wildman–Crippen MR) is 103 cm³/mol. The summed E-state index contributed by atoms with van der Waals surface area (Å²) in [5.41, 5.74) is 8.32. The van der Waals surface area contributed by atoms with Gasteiger partial charge in [0.1, 0.15) is 5.82 Å². The molecule has 1 fully saturated rings. The average molecular weight is 347 g/mol. The topological polar surface area (TPSA) is 45.4 Å². The van der Waals surface area contributed by atoms with Crippen molar-refractivity contribution in [2.24, 2.45) is 5.73 Å². The second-order valence-electron chi connectivity index (χ2n) is 6.27. The number of benzene rings is 1. The van der Waals surface area contributed by atoms with Gasteiger partial charge in [-0.3, -0.25) is 4.90 Å². The average Bonchev–Trinajstić information content (AvgIpc) is 2.63. The van der Waals surface area contributed by atoms with Crippen LogP contribution in [0, 0.1) is 0 Å². The molecular weight excluding hydrogens is 320 g/mol. The van der Waals surface area contributed by atoms with Gasteiger partial charge in [-0.2, -0.15) is 0 Å².